The lowest BCUT2D eigenvalue weighted by Crippen LogP contribution is -2.04. The third-order valence-electron chi connectivity index (χ3n) is 4.18. The van der Waals surface area contributed by atoms with Crippen molar-refractivity contribution in [2.45, 2.75) is 110 Å². The third kappa shape index (κ3) is 17.5. The van der Waals surface area contributed by atoms with Crippen LogP contribution >= 0.6 is 0 Å². The average Bonchev–Trinajstić information content (AvgIpc) is 2.58. The van der Waals surface area contributed by atoms with E-state index in [1.807, 2.05) is 6.92 Å². The van der Waals surface area contributed by atoms with Gasteiger partial charge in [-0.1, -0.05) is 70.9 Å². The fraction of sp³-hybridized carbons (Fsp3) is 0.857. The highest BCUT2D eigenvalue weighted by Gasteiger charge is 2.02. The van der Waals surface area contributed by atoms with E-state index in [4.69, 9.17) is 4.74 Å². The van der Waals surface area contributed by atoms with Gasteiger partial charge in [0.2, 0.25) is 0 Å². The smallest absolute Gasteiger partial charge is 0.305 e. The first-order valence-electron chi connectivity index (χ1n) is 10.2. The summed E-state index contributed by atoms with van der Waals surface area (Å²) < 4.78 is 5.05. The topological polar surface area (TPSA) is 46.5 Å². The van der Waals surface area contributed by atoms with Gasteiger partial charge >= 0.3 is 5.97 Å². The summed E-state index contributed by atoms with van der Waals surface area (Å²) in [6.07, 6.45) is 19.1. The van der Waals surface area contributed by atoms with Crippen molar-refractivity contribution in [3.63, 3.8) is 0 Å². The maximum Gasteiger partial charge on any atom is 0.305 e. The van der Waals surface area contributed by atoms with E-state index in [0.717, 1.165) is 44.9 Å². The number of hydrogen-bond donors (Lipinski definition) is 1. The normalized spacial score (nSPS) is 12.6. The molecule has 142 valence electrons. The zero-order valence-corrected chi connectivity index (χ0v) is 16.1. The molecular weight excluding hydrogens is 300 g/mol. The van der Waals surface area contributed by atoms with Crippen molar-refractivity contribution in [3.05, 3.63) is 12.2 Å². The van der Waals surface area contributed by atoms with Crippen LogP contribution in [0.25, 0.3) is 0 Å². The van der Waals surface area contributed by atoms with Crippen LogP contribution in [-0.4, -0.2) is 23.8 Å². The summed E-state index contributed by atoms with van der Waals surface area (Å²) in [5.41, 5.74) is 0. The molecule has 0 saturated carbocycles. The van der Waals surface area contributed by atoms with E-state index >= 15 is 0 Å². The largest absolute Gasteiger partial charge is 0.466 e. The minimum atomic E-state index is -0.162. The molecular formula is C21H40O3. The number of carbonyl (C=O) groups is 1. The second-order valence-electron chi connectivity index (χ2n) is 6.74. The fourth-order valence-corrected chi connectivity index (χ4v) is 2.65. The van der Waals surface area contributed by atoms with Crippen LogP contribution in [0.4, 0.5) is 0 Å². The first kappa shape index (κ1) is 23.2. The zero-order chi connectivity index (χ0) is 17.9. The van der Waals surface area contributed by atoms with Crippen molar-refractivity contribution in [1.29, 1.82) is 0 Å². The average molecular weight is 341 g/mol. The molecule has 0 aliphatic heterocycles. The van der Waals surface area contributed by atoms with E-state index in [-0.39, 0.29) is 12.1 Å². The van der Waals surface area contributed by atoms with Crippen LogP contribution in [0.2, 0.25) is 0 Å². The van der Waals surface area contributed by atoms with Crippen molar-refractivity contribution in [3.8, 4) is 0 Å². The number of aliphatic hydroxyl groups is 1. The van der Waals surface area contributed by atoms with Crippen molar-refractivity contribution in [2.75, 3.05) is 6.61 Å². The van der Waals surface area contributed by atoms with Crippen LogP contribution < -0.4 is 0 Å². The van der Waals surface area contributed by atoms with Gasteiger partial charge < -0.3 is 9.84 Å². The molecule has 1 N–H and O–H groups in total. The van der Waals surface area contributed by atoms with Gasteiger partial charge in [0.1, 0.15) is 0 Å². The zero-order valence-electron chi connectivity index (χ0n) is 16.1. The van der Waals surface area contributed by atoms with Gasteiger partial charge in [-0.3, -0.25) is 4.79 Å². The number of unbranched alkanes of at least 4 members (excludes halogenated alkanes) is 8. The number of esters is 1. The Balaban J connectivity index is 3.30. The van der Waals surface area contributed by atoms with E-state index in [1.54, 1.807) is 0 Å². The molecule has 3 heteroatoms. The molecule has 1 unspecified atom stereocenters. The lowest BCUT2D eigenvalue weighted by atomic mass is 10.1. The van der Waals surface area contributed by atoms with Gasteiger partial charge in [0.25, 0.3) is 0 Å². The van der Waals surface area contributed by atoms with Gasteiger partial charge in [-0.15, -0.1) is 0 Å². The fourth-order valence-electron chi connectivity index (χ4n) is 2.65. The molecule has 0 radical (unpaired) electrons. The first-order valence-corrected chi connectivity index (χ1v) is 10.2. The van der Waals surface area contributed by atoms with Crippen molar-refractivity contribution < 1.29 is 14.6 Å². The number of ether oxygens (including phenoxy) is 1. The van der Waals surface area contributed by atoms with E-state index in [2.05, 4.69) is 19.1 Å². The Bertz CT molecular complexity index is 299. The second-order valence-corrected chi connectivity index (χ2v) is 6.74. The molecule has 3 nitrogen and oxygen atoms in total. The Labute approximate surface area is 149 Å². The number of allylic oxidation sites excluding steroid dienone is 1. The van der Waals surface area contributed by atoms with E-state index in [1.165, 1.54) is 38.5 Å². The predicted molar refractivity (Wildman–Crippen MR) is 102 cm³/mol. The summed E-state index contributed by atoms with van der Waals surface area (Å²) in [7, 11) is 0. The lowest BCUT2D eigenvalue weighted by molar-refractivity contribution is -0.143. The second kappa shape index (κ2) is 18.5. The number of rotatable bonds is 17. The summed E-state index contributed by atoms with van der Waals surface area (Å²) in [5.74, 6) is -0.0481. The van der Waals surface area contributed by atoms with Crippen LogP contribution in [-0.2, 0) is 9.53 Å². The number of carbonyl (C=O) groups excluding carboxylic acids is 1. The van der Waals surface area contributed by atoms with Gasteiger partial charge in [0.05, 0.1) is 12.7 Å². The number of aliphatic hydroxyl groups excluding tert-OH is 1. The molecule has 0 saturated heterocycles. The molecule has 0 aromatic carbocycles. The van der Waals surface area contributed by atoms with Gasteiger partial charge in [-0.05, 0) is 38.5 Å². The van der Waals surface area contributed by atoms with Gasteiger partial charge in [-0.2, -0.15) is 0 Å². The summed E-state index contributed by atoms with van der Waals surface area (Å²) in [4.78, 5) is 11.3. The molecule has 0 rings (SSSR count). The summed E-state index contributed by atoms with van der Waals surface area (Å²) >= 11 is 0. The van der Waals surface area contributed by atoms with Crippen LogP contribution in [0, 0.1) is 0 Å². The minimum Gasteiger partial charge on any atom is -0.466 e. The van der Waals surface area contributed by atoms with Crippen LogP contribution in [0.15, 0.2) is 12.2 Å². The molecule has 0 aromatic heterocycles. The van der Waals surface area contributed by atoms with Crippen molar-refractivity contribution >= 4 is 5.97 Å². The van der Waals surface area contributed by atoms with E-state index in [0.29, 0.717) is 13.0 Å². The minimum absolute atomic E-state index is 0.0481. The Morgan fingerprint density at radius 1 is 0.917 bits per heavy atom. The molecule has 0 amide bonds. The molecule has 0 aliphatic carbocycles. The van der Waals surface area contributed by atoms with Crippen molar-refractivity contribution in [2.24, 2.45) is 0 Å². The molecule has 0 heterocycles. The number of hydrogen-bond acceptors (Lipinski definition) is 3. The summed E-state index contributed by atoms with van der Waals surface area (Å²) in [6, 6.07) is 0. The highest BCUT2D eigenvalue weighted by molar-refractivity contribution is 5.69. The molecule has 0 bridgehead atoms. The highest BCUT2D eigenvalue weighted by Crippen LogP contribution is 2.10. The maximum atomic E-state index is 11.3. The molecule has 0 fully saturated rings. The Kier molecular flexibility index (Phi) is 17.9. The lowest BCUT2D eigenvalue weighted by Gasteiger charge is -2.07. The monoisotopic (exact) mass is 340 g/mol. The van der Waals surface area contributed by atoms with Crippen LogP contribution in [0.1, 0.15) is 104 Å². The molecule has 0 spiro atoms. The van der Waals surface area contributed by atoms with Gasteiger partial charge in [0, 0.05) is 6.42 Å². The highest BCUT2D eigenvalue weighted by atomic mass is 16.5. The molecule has 1 atom stereocenters. The Hall–Kier alpha value is -0.830. The predicted octanol–water partition coefficient (Wildman–Crippen LogP) is 5.95. The van der Waals surface area contributed by atoms with Gasteiger partial charge in [-0.25, -0.2) is 0 Å². The molecule has 0 aromatic rings. The third-order valence-corrected chi connectivity index (χ3v) is 4.18. The quantitative estimate of drug-likeness (QED) is 0.202. The van der Waals surface area contributed by atoms with Crippen LogP contribution in [0.5, 0.6) is 0 Å². The van der Waals surface area contributed by atoms with Gasteiger partial charge in [0.15, 0.2) is 0 Å². The summed E-state index contributed by atoms with van der Waals surface area (Å²) in [5, 5.41) is 9.86. The van der Waals surface area contributed by atoms with E-state index < -0.39 is 0 Å². The first-order chi connectivity index (χ1) is 11.7. The van der Waals surface area contributed by atoms with E-state index in [9.17, 15) is 9.90 Å². The standard InChI is InChI=1S/C21H40O3/c1-3-5-6-13-16-20(22)17-14-11-9-7-8-10-12-15-18-21(23)24-19-4-2/h11,14,20,22H,3-10,12-13,15-19H2,1-2H3. The Morgan fingerprint density at radius 3 is 2.38 bits per heavy atom. The van der Waals surface area contributed by atoms with Crippen molar-refractivity contribution in [1.82, 2.24) is 0 Å². The SMILES string of the molecule is CCCCCCC(O)CC=CCCCCCCCC(=O)OCCC. The molecule has 0 aliphatic rings. The Morgan fingerprint density at radius 2 is 1.62 bits per heavy atom. The summed E-state index contributed by atoms with van der Waals surface area (Å²) in [6.45, 7) is 4.77. The molecule has 24 heavy (non-hydrogen) atoms. The maximum absolute atomic E-state index is 11.3. The van der Waals surface area contributed by atoms with Crippen LogP contribution in [0.3, 0.4) is 0 Å².